The number of fused-ring (bicyclic) bond motifs is 1. The molecule has 1 aromatic heterocycles. The predicted molar refractivity (Wildman–Crippen MR) is 102 cm³/mol. The van der Waals surface area contributed by atoms with Gasteiger partial charge in [0, 0.05) is 31.8 Å². The average molecular weight is 440 g/mol. The van der Waals surface area contributed by atoms with Crippen LogP contribution in [-0.2, 0) is 14.3 Å². The number of esters is 1. The zero-order valence-electron chi connectivity index (χ0n) is 15.3. The average Bonchev–Trinajstić information content (AvgIpc) is 3.07. The smallest absolute Gasteiger partial charge is 0.308 e. The van der Waals surface area contributed by atoms with Gasteiger partial charge in [-0.15, -0.1) is 0 Å². The maximum atomic E-state index is 13.0. The molecule has 7 nitrogen and oxygen atoms in total. The van der Waals surface area contributed by atoms with Crippen molar-refractivity contribution in [2.24, 2.45) is 5.92 Å². The van der Waals surface area contributed by atoms with E-state index in [1.165, 1.54) is 7.11 Å². The molecule has 0 radical (unpaired) electrons. The minimum absolute atomic E-state index is 0.107. The molecular formula is C19H22BrNO6. The van der Waals surface area contributed by atoms with E-state index in [0.29, 0.717) is 60.7 Å². The number of methoxy groups -OCH3 is 2. The lowest BCUT2D eigenvalue weighted by Gasteiger charge is -2.30. The van der Waals surface area contributed by atoms with Gasteiger partial charge in [-0.2, -0.15) is 0 Å². The Morgan fingerprint density at radius 3 is 2.59 bits per heavy atom. The van der Waals surface area contributed by atoms with Gasteiger partial charge in [0.05, 0.1) is 25.0 Å². The van der Waals surface area contributed by atoms with Gasteiger partial charge in [0.15, 0.2) is 4.67 Å². The second kappa shape index (κ2) is 8.75. The molecule has 1 aliphatic heterocycles. The number of hydrogen-bond acceptors (Lipinski definition) is 6. The summed E-state index contributed by atoms with van der Waals surface area (Å²) in [7, 11) is 2.99. The van der Waals surface area contributed by atoms with Crippen LogP contribution in [0.15, 0.2) is 27.3 Å². The molecule has 0 bridgehead atoms. The van der Waals surface area contributed by atoms with E-state index in [-0.39, 0.29) is 17.8 Å². The maximum absolute atomic E-state index is 13.0. The van der Waals surface area contributed by atoms with E-state index in [4.69, 9.17) is 18.6 Å². The molecule has 8 heteroatoms. The third-order valence-corrected chi connectivity index (χ3v) is 5.07. The first-order valence-electron chi connectivity index (χ1n) is 8.75. The Morgan fingerprint density at radius 1 is 1.19 bits per heavy atom. The summed E-state index contributed by atoms with van der Waals surface area (Å²) in [5.41, 5.74) is 1.07. The summed E-state index contributed by atoms with van der Waals surface area (Å²) in [5, 5.41) is 0.791. The lowest BCUT2D eigenvalue weighted by molar-refractivity contribution is -0.146. The minimum atomic E-state index is -0.210. The highest BCUT2D eigenvalue weighted by Crippen LogP contribution is 2.33. The number of ether oxygens (including phenoxy) is 3. The minimum Gasteiger partial charge on any atom is -0.490 e. The summed E-state index contributed by atoms with van der Waals surface area (Å²) in [6.45, 7) is 1.84. The number of benzene rings is 1. The summed E-state index contributed by atoms with van der Waals surface area (Å²) < 4.78 is 21.8. The molecule has 27 heavy (non-hydrogen) atoms. The molecular weight excluding hydrogens is 418 g/mol. The van der Waals surface area contributed by atoms with Gasteiger partial charge in [-0.1, -0.05) is 0 Å². The van der Waals surface area contributed by atoms with Crippen molar-refractivity contribution in [3.05, 3.63) is 28.4 Å². The van der Waals surface area contributed by atoms with Crippen molar-refractivity contribution in [2.45, 2.75) is 12.8 Å². The molecule has 0 atom stereocenters. The van der Waals surface area contributed by atoms with Crippen molar-refractivity contribution < 1.29 is 28.2 Å². The highest BCUT2D eigenvalue weighted by Gasteiger charge is 2.29. The summed E-state index contributed by atoms with van der Waals surface area (Å²) in [6.07, 6.45) is 1.20. The zero-order chi connectivity index (χ0) is 19.4. The largest absolute Gasteiger partial charge is 0.490 e. The molecule has 2 aromatic rings. The number of nitrogens with zero attached hydrogens (tertiary/aromatic N) is 1. The number of amides is 1. The van der Waals surface area contributed by atoms with Crippen LogP contribution in [0.1, 0.15) is 23.2 Å². The van der Waals surface area contributed by atoms with E-state index >= 15 is 0 Å². The van der Waals surface area contributed by atoms with Crippen molar-refractivity contribution in [3.63, 3.8) is 0 Å². The predicted octanol–water partition coefficient (Wildman–Crippen LogP) is 3.25. The van der Waals surface area contributed by atoms with E-state index in [1.54, 1.807) is 24.1 Å². The highest BCUT2D eigenvalue weighted by atomic mass is 79.9. The number of halogens is 1. The molecule has 2 heterocycles. The zero-order valence-corrected chi connectivity index (χ0v) is 16.9. The number of piperidine rings is 1. The van der Waals surface area contributed by atoms with Crippen LogP contribution in [0.2, 0.25) is 0 Å². The Hall–Kier alpha value is -2.06. The number of rotatable bonds is 6. The fourth-order valence-electron chi connectivity index (χ4n) is 3.22. The Balaban J connectivity index is 1.79. The van der Waals surface area contributed by atoms with Crippen LogP contribution in [0, 0.1) is 5.92 Å². The third kappa shape index (κ3) is 4.44. The van der Waals surface area contributed by atoms with Gasteiger partial charge >= 0.3 is 5.97 Å². The quantitative estimate of drug-likeness (QED) is 0.507. The Bertz CT molecular complexity index is 825. The molecule has 1 saturated heterocycles. The molecule has 1 aromatic carbocycles. The van der Waals surface area contributed by atoms with Gasteiger partial charge in [0.2, 0.25) is 0 Å². The Morgan fingerprint density at radius 2 is 1.93 bits per heavy atom. The van der Waals surface area contributed by atoms with Crippen LogP contribution >= 0.6 is 15.9 Å². The lowest BCUT2D eigenvalue weighted by atomic mass is 9.96. The van der Waals surface area contributed by atoms with E-state index in [9.17, 15) is 9.59 Å². The number of carbonyl (C=O) groups excluding carboxylic acids is 2. The van der Waals surface area contributed by atoms with Gasteiger partial charge in [0.25, 0.3) is 5.91 Å². The van der Waals surface area contributed by atoms with Gasteiger partial charge in [0.1, 0.15) is 17.9 Å². The van der Waals surface area contributed by atoms with Crippen LogP contribution in [0.4, 0.5) is 0 Å². The van der Waals surface area contributed by atoms with Gasteiger partial charge in [-0.3, -0.25) is 9.59 Å². The first-order chi connectivity index (χ1) is 13.0. The normalized spacial score (nSPS) is 15.1. The third-order valence-electron chi connectivity index (χ3n) is 4.68. The molecule has 0 N–H and O–H groups in total. The van der Waals surface area contributed by atoms with Gasteiger partial charge in [-0.25, -0.2) is 0 Å². The lowest BCUT2D eigenvalue weighted by Crippen LogP contribution is -2.40. The summed E-state index contributed by atoms with van der Waals surface area (Å²) in [5.74, 6) is 0.115. The second-order valence-electron chi connectivity index (χ2n) is 6.37. The van der Waals surface area contributed by atoms with E-state index in [1.807, 2.05) is 6.07 Å². The fourth-order valence-corrected chi connectivity index (χ4v) is 3.62. The van der Waals surface area contributed by atoms with Crippen LogP contribution < -0.4 is 4.74 Å². The topological polar surface area (TPSA) is 78.2 Å². The SMILES string of the molecule is COCCOc1cc(C(=O)N2CCC(C(=O)OC)CC2)cc2oc(Br)cc12. The molecule has 0 aliphatic carbocycles. The van der Waals surface area contributed by atoms with Crippen LogP contribution in [0.3, 0.4) is 0 Å². The van der Waals surface area contributed by atoms with Gasteiger partial charge in [-0.05, 0) is 40.9 Å². The van der Waals surface area contributed by atoms with Crippen LogP contribution in [-0.4, -0.2) is 57.3 Å². The van der Waals surface area contributed by atoms with Crippen molar-refractivity contribution in [3.8, 4) is 5.75 Å². The van der Waals surface area contributed by atoms with Crippen molar-refractivity contribution in [1.29, 1.82) is 0 Å². The van der Waals surface area contributed by atoms with Crippen molar-refractivity contribution >= 4 is 38.8 Å². The van der Waals surface area contributed by atoms with Crippen molar-refractivity contribution in [1.82, 2.24) is 4.90 Å². The number of likely N-dealkylation sites (tertiary alicyclic amines) is 1. The van der Waals surface area contributed by atoms with Crippen LogP contribution in [0.5, 0.6) is 5.75 Å². The summed E-state index contributed by atoms with van der Waals surface area (Å²) >= 11 is 3.32. The molecule has 3 rings (SSSR count). The standard InChI is InChI=1S/C19H22BrNO6/c1-24-7-8-26-15-9-13(10-16-14(15)11-17(20)27-16)18(22)21-5-3-12(4-6-21)19(23)25-2/h9-12H,3-8H2,1-2H3. The second-order valence-corrected chi connectivity index (χ2v) is 7.15. The van der Waals surface area contributed by atoms with Crippen molar-refractivity contribution in [2.75, 3.05) is 40.5 Å². The maximum Gasteiger partial charge on any atom is 0.308 e. The van der Waals surface area contributed by atoms with E-state index in [2.05, 4.69) is 15.9 Å². The Kier molecular flexibility index (Phi) is 6.38. The summed E-state index contributed by atoms with van der Waals surface area (Å²) in [4.78, 5) is 26.4. The molecule has 1 amide bonds. The molecule has 0 spiro atoms. The molecule has 0 unspecified atom stereocenters. The first-order valence-corrected chi connectivity index (χ1v) is 9.54. The number of carbonyl (C=O) groups is 2. The molecule has 0 saturated carbocycles. The van der Waals surface area contributed by atoms with E-state index < -0.39 is 0 Å². The molecule has 1 fully saturated rings. The van der Waals surface area contributed by atoms with E-state index in [0.717, 1.165) is 5.39 Å². The fraction of sp³-hybridized carbons (Fsp3) is 0.474. The highest BCUT2D eigenvalue weighted by molar-refractivity contribution is 9.10. The van der Waals surface area contributed by atoms with Gasteiger partial charge < -0.3 is 23.5 Å². The molecule has 1 aliphatic rings. The summed E-state index contributed by atoms with van der Waals surface area (Å²) in [6, 6.07) is 5.26. The number of hydrogen-bond donors (Lipinski definition) is 0. The number of furan rings is 1. The Labute approximate surface area is 165 Å². The van der Waals surface area contributed by atoms with Crippen LogP contribution in [0.25, 0.3) is 11.0 Å². The first kappa shape index (κ1) is 19.7. The molecule has 146 valence electrons. The monoisotopic (exact) mass is 439 g/mol.